The summed E-state index contributed by atoms with van der Waals surface area (Å²) in [7, 11) is 1.25. The first-order valence-corrected chi connectivity index (χ1v) is 12.1. The molecule has 0 spiro atoms. The normalized spacial score (nSPS) is 47.5. The fourth-order valence-electron chi connectivity index (χ4n) is 4.28. The van der Waals surface area contributed by atoms with Crippen LogP contribution in [0.4, 0.5) is 0 Å². The number of ether oxygens (including phenoxy) is 6. The molecule has 15 unspecified atom stereocenters. The van der Waals surface area contributed by atoms with Gasteiger partial charge in [0.05, 0.1) is 19.8 Å². The van der Waals surface area contributed by atoms with Crippen LogP contribution in [0.5, 0.6) is 0 Å². The van der Waals surface area contributed by atoms with Gasteiger partial charge in [0.1, 0.15) is 80.0 Å². The number of aliphatic hydroxyl groups is 10. The summed E-state index contributed by atoms with van der Waals surface area (Å²) in [6.45, 7) is -2.47. The second-order valence-corrected chi connectivity index (χ2v) is 9.35. The number of hydrogen-bond donors (Lipinski definition) is 12. The van der Waals surface area contributed by atoms with Crippen molar-refractivity contribution in [2.45, 2.75) is 92.1 Å². The fourth-order valence-corrected chi connectivity index (χ4v) is 4.28. The third kappa shape index (κ3) is 7.55. The van der Waals surface area contributed by atoms with Crippen LogP contribution in [0, 0.1) is 0 Å². The first kappa shape index (κ1) is 32.8. The van der Waals surface area contributed by atoms with Crippen molar-refractivity contribution in [3.8, 4) is 0 Å². The quantitative estimate of drug-likeness (QED) is 0.0800. The molecule has 19 heteroatoms. The summed E-state index contributed by atoms with van der Waals surface area (Å²) in [5.41, 5.74) is 2.33. The number of rotatable bonds is 11. The summed E-state index contributed by atoms with van der Waals surface area (Å²) in [5, 5.41) is 111. The Kier molecular flexibility index (Phi) is 12.1. The number of hydrazine groups is 1. The molecule has 0 aromatic carbocycles. The molecule has 15 atom stereocenters. The Morgan fingerprint density at radius 3 is 1.69 bits per heavy atom. The molecule has 39 heavy (non-hydrogen) atoms. The molecular weight excluding hydrogens is 540 g/mol. The van der Waals surface area contributed by atoms with Crippen molar-refractivity contribution >= 4 is 0 Å². The van der Waals surface area contributed by atoms with Crippen molar-refractivity contribution in [3.63, 3.8) is 0 Å². The number of nitrogens with one attached hydrogen (secondary N) is 1. The Labute approximate surface area is 221 Å². The maximum Gasteiger partial charge on any atom is 0.188 e. The van der Waals surface area contributed by atoms with E-state index in [1.165, 1.54) is 7.05 Å². The zero-order chi connectivity index (χ0) is 29.0. The van der Waals surface area contributed by atoms with Crippen LogP contribution in [0.2, 0.25) is 0 Å². The van der Waals surface area contributed by atoms with Gasteiger partial charge in [-0.05, 0) is 0 Å². The second kappa shape index (κ2) is 14.4. The predicted octanol–water partition coefficient (Wildman–Crippen LogP) is -7.77. The first-order valence-electron chi connectivity index (χ1n) is 12.1. The zero-order valence-electron chi connectivity index (χ0n) is 20.8. The van der Waals surface area contributed by atoms with Gasteiger partial charge in [0.25, 0.3) is 0 Å². The molecule has 3 aliphatic rings. The van der Waals surface area contributed by atoms with Gasteiger partial charge in [-0.3, -0.25) is 5.21 Å². The van der Waals surface area contributed by atoms with Gasteiger partial charge in [0.15, 0.2) is 18.9 Å². The Morgan fingerprint density at radius 2 is 1.10 bits per heavy atom. The van der Waals surface area contributed by atoms with Crippen LogP contribution in [0.25, 0.3) is 0 Å². The van der Waals surface area contributed by atoms with Gasteiger partial charge in [-0.1, -0.05) is 0 Å². The maximum absolute atomic E-state index is 10.8. The molecular formula is C20H38N2O17. The van der Waals surface area contributed by atoms with Crippen molar-refractivity contribution < 1.29 is 84.7 Å². The number of aliphatic hydroxyl groups excluding tert-OH is 10. The van der Waals surface area contributed by atoms with Gasteiger partial charge in [0.2, 0.25) is 0 Å². The number of hydrogen-bond acceptors (Lipinski definition) is 19. The molecule has 19 nitrogen and oxygen atoms in total. The molecule has 230 valence electrons. The first-order chi connectivity index (χ1) is 18.4. The van der Waals surface area contributed by atoms with Crippen molar-refractivity contribution in [1.82, 2.24) is 10.6 Å². The second-order valence-electron chi connectivity index (χ2n) is 9.35. The minimum Gasteiger partial charge on any atom is -0.394 e. The van der Waals surface area contributed by atoms with Crippen molar-refractivity contribution in [1.29, 1.82) is 0 Å². The molecule has 12 N–H and O–H groups in total. The average molecular weight is 579 g/mol. The van der Waals surface area contributed by atoms with Gasteiger partial charge < -0.3 is 79.5 Å². The molecule has 0 radical (unpaired) electrons. The smallest absolute Gasteiger partial charge is 0.188 e. The zero-order valence-corrected chi connectivity index (χ0v) is 20.8. The van der Waals surface area contributed by atoms with E-state index in [1.54, 1.807) is 0 Å². The minimum absolute atomic E-state index is 0.359. The van der Waals surface area contributed by atoms with Gasteiger partial charge in [-0.25, -0.2) is 5.43 Å². The highest BCUT2D eigenvalue weighted by molar-refractivity contribution is 4.95. The summed E-state index contributed by atoms with van der Waals surface area (Å²) >= 11 is 0. The van der Waals surface area contributed by atoms with E-state index >= 15 is 0 Å². The Hall–Kier alpha value is -0.760. The molecule has 3 fully saturated rings. The maximum atomic E-state index is 10.8. The molecule has 0 amide bonds. The summed E-state index contributed by atoms with van der Waals surface area (Å²) in [4.78, 5) is 0. The van der Waals surface area contributed by atoms with Crippen molar-refractivity contribution in [2.24, 2.45) is 0 Å². The van der Waals surface area contributed by atoms with Crippen LogP contribution in [0.3, 0.4) is 0 Å². The monoisotopic (exact) mass is 578 g/mol. The third-order valence-corrected chi connectivity index (χ3v) is 6.60. The summed E-state index contributed by atoms with van der Waals surface area (Å²) in [6.07, 6.45) is -24.6. The lowest BCUT2D eigenvalue weighted by atomic mass is 9.97. The van der Waals surface area contributed by atoms with Crippen LogP contribution < -0.4 is 5.43 Å². The molecule has 0 aliphatic carbocycles. The summed E-state index contributed by atoms with van der Waals surface area (Å²) < 4.78 is 32.2. The van der Waals surface area contributed by atoms with Crippen molar-refractivity contribution in [2.75, 3.05) is 33.6 Å². The molecule has 3 heterocycles. The Bertz CT molecular complexity index is 738. The molecule has 0 aromatic rings. The lowest BCUT2D eigenvalue weighted by Crippen LogP contribution is -2.65. The van der Waals surface area contributed by atoms with Crippen LogP contribution in [-0.4, -0.2) is 187 Å². The van der Waals surface area contributed by atoms with E-state index in [1.807, 2.05) is 0 Å². The molecule has 3 rings (SSSR count). The van der Waals surface area contributed by atoms with E-state index in [0.29, 0.717) is 5.17 Å². The van der Waals surface area contributed by atoms with Crippen LogP contribution in [-0.2, 0) is 28.4 Å². The van der Waals surface area contributed by atoms with Crippen LogP contribution >= 0.6 is 0 Å². The average Bonchev–Trinajstić information content (AvgIpc) is 2.90. The number of hydroxylamine groups is 1. The highest BCUT2D eigenvalue weighted by Crippen LogP contribution is 2.30. The highest BCUT2D eigenvalue weighted by atomic mass is 16.7. The molecule has 0 aromatic heterocycles. The molecule has 3 saturated heterocycles. The van der Waals surface area contributed by atoms with E-state index in [9.17, 15) is 51.1 Å². The largest absolute Gasteiger partial charge is 0.394 e. The third-order valence-electron chi connectivity index (χ3n) is 6.60. The van der Waals surface area contributed by atoms with Gasteiger partial charge >= 0.3 is 0 Å². The molecule has 3 aliphatic heterocycles. The standard InChI is InChI=1S/C20H38N2O17/c1-22(33)21-5-35-18-14(30)13(29)10(26)8(38-18)4-34-19-16(32)17(11(27)7(3-24)36-19)39-20-15(31)12(28)9(25)6(2-23)37-20/h6-21,23-33H,2-5H2,1H3. The van der Waals surface area contributed by atoms with Gasteiger partial charge in [-0.15, -0.1) is 5.17 Å². The Morgan fingerprint density at radius 1 is 0.615 bits per heavy atom. The molecule has 0 bridgehead atoms. The fraction of sp³-hybridized carbons (Fsp3) is 1.00. The van der Waals surface area contributed by atoms with Gasteiger partial charge in [0, 0.05) is 7.05 Å². The highest BCUT2D eigenvalue weighted by Gasteiger charge is 2.51. The van der Waals surface area contributed by atoms with E-state index < -0.39 is 112 Å². The van der Waals surface area contributed by atoms with Gasteiger partial charge in [-0.2, -0.15) is 0 Å². The van der Waals surface area contributed by atoms with Crippen molar-refractivity contribution in [3.05, 3.63) is 0 Å². The topological polar surface area (TPSA) is 293 Å². The predicted molar refractivity (Wildman–Crippen MR) is 118 cm³/mol. The summed E-state index contributed by atoms with van der Waals surface area (Å²) in [6, 6.07) is 0. The Balaban J connectivity index is 1.66. The van der Waals surface area contributed by atoms with E-state index in [-0.39, 0.29) is 6.73 Å². The number of nitrogens with zero attached hydrogens (tertiary/aromatic N) is 1. The SMILES string of the molecule is CN(O)NCOC1OC(COC2OC(CO)C(O)C(OC3OC(CO)C(O)C(O)C3O)C2O)C(O)C(O)C1O. The lowest BCUT2D eigenvalue weighted by molar-refractivity contribution is -0.365. The minimum atomic E-state index is -1.85. The van der Waals surface area contributed by atoms with Crippen LogP contribution in [0.1, 0.15) is 0 Å². The summed E-state index contributed by atoms with van der Waals surface area (Å²) in [5.74, 6) is 0. The lowest BCUT2D eigenvalue weighted by Gasteiger charge is -2.46. The van der Waals surface area contributed by atoms with E-state index in [4.69, 9.17) is 33.6 Å². The molecule has 0 saturated carbocycles. The van der Waals surface area contributed by atoms with E-state index in [0.717, 1.165) is 0 Å². The van der Waals surface area contributed by atoms with E-state index in [2.05, 4.69) is 5.43 Å². The van der Waals surface area contributed by atoms with Crippen LogP contribution in [0.15, 0.2) is 0 Å².